The molecule has 2 aliphatic rings. The lowest BCUT2D eigenvalue weighted by atomic mass is 10.2. The van der Waals surface area contributed by atoms with Crippen molar-refractivity contribution >= 4 is 5.91 Å². The Morgan fingerprint density at radius 1 is 1.25 bits per heavy atom. The van der Waals surface area contributed by atoms with E-state index in [1.807, 2.05) is 11.9 Å². The largest absolute Gasteiger partial charge is 0.375 e. The van der Waals surface area contributed by atoms with E-state index in [0.29, 0.717) is 13.0 Å². The highest BCUT2D eigenvalue weighted by Gasteiger charge is 2.22. The van der Waals surface area contributed by atoms with Gasteiger partial charge in [-0.05, 0) is 19.9 Å². The van der Waals surface area contributed by atoms with Crippen LogP contribution in [0.2, 0.25) is 0 Å². The van der Waals surface area contributed by atoms with Crippen LogP contribution in [0.3, 0.4) is 0 Å². The predicted octanol–water partition coefficient (Wildman–Crippen LogP) is 0.698. The smallest absolute Gasteiger partial charge is 0.225 e. The number of hydrogen-bond acceptors (Lipinski definition) is 4. The van der Waals surface area contributed by atoms with Crippen molar-refractivity contribution in [3.63, 3.8) is 0 Å². The van der Waals surface area contributed by atoms with E-state index >= 15 is 0 Å². The van der Waals surface area contributed by atoms with Crippen molar-refractivity contribution in [2.45, 2.75) is 44.2 Å². The molecule has 0 aromatic heterocycles. The first-order valence-corrected chi connectivity index (χ1v) is 7.93. The number of carbonyl (C=O) groups is 1. The standard InChI is InChI=1S/C15H29N3O2/c1-17(13-5-3-4-6-13)8-9-18(2)15(19)11-14-12-16-7-10-20-14/h13-14,16H,3-12H2,1-2H3. The van der Waals surface area contributed by atoms with Crippen molar-refractivity contribution in [3.8, 4) is 0 Å². The lowest BCUT2D eigenvalue weighted by molar-refractivity contribution is -0.133. The maximum Gasteiger partial charge on any atom is 0.225 e. The summed E-state index contributed by atoms with van der Waals surface area (Å²) in [5, 5.41) is 3.26. The molecule has 0 spiro atoms. The summed E-state index contributed by atoms with van der Waals surface area (Å²) in [5.74, 6) is 0.193. The predicted molar refractivity (Wildman–Crippen MR) is 79.7 cm³/mol. The van der Waals surface area contributed by atoms with Crippen molar-refractivity contribution in [3.05, 3.63) is 0 Å². The molecule has 1 atom stereocenters. The number of amides is 1. The summed E-state index contributed by atoms with van der Waals surface area (Å²) in [6.07, 6.45) is 5.89. The van der Waals surface area contributed by atoms with Crippen LogP contribution < -0.4 is 5.32 Å². The van der Waals surface area contributed by atoms with Gasteiger partial charge in [-0.2, -0.15) is 0 Å². The molecular formula is C15H29N3O2. The molecule has 0 radical (unpaired) electrons. The molecule has 116 valence electrons. The van der Waals surface area contributed by atoms with Gasteiger partial charge in [0, 0.05) is 39.3 Å². The van der Waals surface area contributed by atoms with Gasteiger partial charge < -0.3 is 19.9 Å². The zero-order valence-electron chi connectivity index (χ0n) is 12.9. The van der Waals surface area contributed by atoms with E-state index in [2.05, 4.69) is 17.3 Å². The fourth-order valence-electron chi connectivity index (χ4n) is 3.06. The highest BCUT2D eigenvalue weighted by atomic mass is 16.5. The minimum atomic E-state index is 0.0475. The van der Waals surface area contributed by atoms with E-state index in [-0.39, 0.29) is 12.0 Å². The molecule has 2 rings (SSSR count). The molecule has 5 heteroatoms. The van der Waals surface area contributed by atoms with E-state index in [0.717, 1.165) is 32.2 Å². The molecule has 0 bridgehead atoms. The molecule has 1 aliphatic carbocycles. The molecule has 5 nitrogen and oxygen atoms in total. The van der Waals surface area contributed by atoms with Gasteiger partial charge in [-0.3, -0.25) is 4.79 Å². The molecule has 20 heavy (non-hydrogen) atoms. The number of carbonyl (C=O) groups excluding carboxylic acids is 1. The van der Waals surface area contributed by atoms with Gasteiger partial charge in [-0.15, -0.1) is 0 Å². The number of nitrogens with zero attached hydrogens (tertiary/aromatic N) is 2. The van der Waals surface area contributed by atoms with Crippen molar-refractivity contribution < 1.29 is 9.53 Å². The number of likely N-dealkylation sites (N-methyl/N-ethyl adjacent to an activating group) is 2. The van der Waals surface area contributed by atoms with Crippen molar-refractivity contribution in [1.29, 1.82) is 0 Å². The summed E-state index contributed by atoms with van der Waals surface area (Å²) in [6, 6.07) is 0.726. The summed E-state index contributed by atoms with van der Waals surface area (Å²) >= 11 is 0. The molecule has 1 aliphatic heterocycles. The van der Waals surface area contributed by atoms with Gasteiger partial charge in [0.1, 0.15) is 0 Å². The Morgan fingerprint density at radius 2 is 2.00 bits per heavy atom. The molecule has 1 saturated carbocycles. The van der Waals surface area contributed by atoms with E-state index in [9.17, 15) is 4.79 Å². The Kier molecular flexibility index (Phi) is 6.26. The lowest BCUT2D eigenvalue weighted by Crippen LogP contribution is -2.43. The molecule has 0 aromatic rings. The quantitative estimate of drug-likeness (QED) is 0.779. The minimum Gasteiger partial charge on any atom is -0.375 e. The SMILES string of the molecule is CN(CCN(C)C1CCCC1)C(=O)CC1CNCCO1. The number of hydrogen-bond donors (Lipinski definition) is 1. The lowest BCUT2D eigenvalue weighted by Gasteiger charge is -2.28. The van der Waals surface area contributed by atoms with E-state index < -0.39 is 0 Å². The van der Waals surface area contributed by atoms with Crippen LogP contribution in [0.1, 0.15) is 32.1 Å². The molecule has 0 aromatic carbocycles. The Balaban J connectivity index is 1.65. The highest BCUT2D eigenvalue weighted by molar-refractivity contribution is 5.76. The molecule has 1 N–H and O–H groups in total. The zero-order chi connectivity index (χ0) is 14.4. The third kappa shape index (κ3) is 4.72. The number of morpholine rings is 1. The Bertz CT molecular complexity index is 299. The van der Waals surface area contributed by atoms with Gasteiger partial charge in [0.25, 0.3) is 0 Å². The molecule has 2 fully saturated rings. The average Bonchev–Trinajstić information content (AvgIpc) is 2.99. The summed E-state index contributed by atoms with van der Waals surface area (Å²) in [5.41, 5.74) is 0. The van der Waals surface area contributed by atoms with Crippen LogP contribution in [0.5, 0.6) is 0 Å². The van der Waals surface area contributed by atoms with Crippen molar-refractivity contribution in [2.24, 2.45) is 0 Å². The van der Waals surface area contributed by atoms with Crippen LogP contribution >= 0.6 is 0 Å². The maximum absolute atomic E-state index is 12.1. The van der Waals surface area contributed by atoms with Crippen molar-refractivity contribution in [1.82, 2.24) is 15.1 Å². The highest BCUT2D eigenvalue weighted by Crippen LogP contribution is 2.22. The van der Waals surface area contributed by atoms with Crippen molar-refractivity contribution in [2.75, 3.05) is 46.9 Å². The van der Waals surface area contributed by atoms with E-state index in [4.69, 9.17) is 4.74 Å². The van der Waals surface area contributed by atoms with Gasteiger partial charge >= 0.3 is 0 Å². The second-order valence-corrected chi connectivity index (χ2v) is 6.14. The first-order chi connectivity index (χ1) is 9.66. The zero-order valence-corrected chi connectivity index (χ0v) is 12.9. The molecular weight excluding hydrogens is 254 g/mol. The second-order valence-electron chi connectivity index (χ2n) is 6.14. The first kappa shape index (κ1) is 15.7. The minimum absolute atomic E-state index is 0.0475. The molecule has 1 unspecified atom stereocenters. The number of nitrogens with one attached hydrogen (secondary N) is 1. The fraction of sp³-hybridized carbons (Fsp3) is 0.933. The average molecular weight is 283 g/mol. The Morgan fingerprint density at radius 3 is 2.65 bits per heavy atom. The Labute approximate surface area is 122 Å². The fourth-order valence-corrected chi connectivity index (χ4v) is 3.06. The Hall–Kier alpha value is -0.650. The van der Waals surface area contributed by atoms with E-state index in [1.54, 1.807) is 0 Å². The van der Waals surface area contributed by atoms with Crippen LogP contribution in [0, 0.1) is 0 Å². The summed E-state index contributed by atoms with van der Waals surface area (Å²) in [7, 11) is 4.09. The van der Waals surface area contributed by atoms with Crippen LogP contribution in [0.25, 0.3) is 0 Å². The normalized spacial score (nSPS) is 24.2. The maximum atomic E-state index is 12.1. The second kappa shape index (κ2) is 7.96. The van der Waals surface area contributed by atoms with Gasteiger partial charge in [0.2, 0.25) is 5.91 Å². The summed E-state index contributed by atoms with van der Waals surface area (Å²) < 4.78 is 5.59. The van der Waals surface area contributed by atoms with Crippen LogP contribution in [0.15, 0.2) is 0 Å². The van der Waals surface area contributed by atoms with E-state index in [1.165, 1.54) is 25.7 Å². The number of rotatable bonds is 6. The van der Waals surface area contributed by atoms with Gasteiger partial charge in [-0.1, -0.05) is 12.8 Å². The van der Waals surface area contributed by atoms with Crippen LogP contribution in [0.4, 0.5) is 0 Å². The first-order valence-electron chi connectivity index (χ1n) is 7.93. The monoisotopic (exact) mass is 283 g/mol. The van der Waals surface area contributed by atoms with Gasteiger partial charge in [0.15, 0.2) is 0 Å². The van der Waals surface area contributed by atoms with Gasteiger partial charge in [-0.25, -0.2) is 0 Å². The van der Waals surface area contributed by atoms with Gasteiger partial charge in [0.05, 0.1) is 19.1 Å². The topological polar surface area (TPSA) is 44.8 Å². The molecule has 1 amide bonds. The third-order valence-corrected chi connectivity index (χ3v) is 4.57. The van der Waals surface area contributed by atoms with Crippen LogP contribution in [-0.2, 0) is 9.53 Å². The summed E-state index contributed by atoms with van der Waals surface area (Å²) in [6.45, 7) is 4.18. The summed E-state index contributed by atoms with van der Waals surface area (Å²) in [4.78, 5) is 16.4. The third-order valence-electron chi connectivity index (χ3n) is 4.57. The number of ether oxygens (including phenoxy) is 1. The molecule has 1 saturated heterocycles. The van der Waals surface area contributed by atoms with Crippen LogP contribution in [-0.4, -0.2) is 74.7 Å². The molecule has 1 heterocycles.